The highest BCUT2D eigenvalue weighted by Gasteiger charge is 2.25. The van der Waals surface area contributed by atoms with E-state index < -0.39 is 0 Å². The molecule has 0 aromatic heterocycles. The van der Waals surface area contributed by atoms with Gasteiger partial charge in [-0.05, 0) is 52.9 Å². The molecule has 1 N–H and O–H groups in total. The van der Waals surface area contributed by atoms with Crippen LogP contribution in [0.3, 0.4) is 0 Å². The van der Waals surface area contributed by atoms with E-state index in [0.29, 0.717) is 6.04 Å². The molecule has 0 heterocycles. The van der Waals surface area contributed by atoms with Crippen molar-refractivity contribution < 1.29 is 0 Å². The van der Waals surface area contributed by atoms with Crippen LogP contribution in [0.2, 0.25) is 0 Å². The summed E-state index contributed by atoms with van der Waals surface area (Å²) in [5.41, 5.74) is 1.58. The highest BCUT2D eigenvalue weighted by Crippen LogP contribution is 2.34. The highest BCUT2D eigenvalue weighted by molar-refractivity contribution is 9.10. The second-order valence-corrected chi connectivity index (χ2v) is 7.42. The van der Waals surface area contributed by atoms with Gasteiger partial charge in [0.25, 0.3) is 0 Å². The van der Waals surface area contributed by atoms with Crippen molar-refractivity contribution in [3.8, 4) is 0 Å². The van der Waals surface area contributed by atoms with Crippen molar-refractivity contribution in [2.75, 3.05) is 6.54 Å². The van der Waals surface area contributed by atoms with Crippen LogP contribution >= 0.6 is 15.9 Å². The summed E-state index contributed by atoms with van der Waals surface area (Å²) in [4.78, 5) is 0. The van der Waals surface area contributed by atoms with Crippen LogP contribution in [-0.2, 0) is 0 Å². The molecule has 0 saturated heterocycles. The van der Waals surface area contributed by atoms with E-state index in [2.05, 4.69) is 85.3 Å². The van der Waals surface area contributed by atoms with E-state index in [1.54, 1.807) is 0 Å². The molecule has 20 heavy (non-hydrogen) atoms. The Morgan fingerprint density at radius 3 is 2.35 bits per heavy atom. The molecular weight excluding hydrogens is 310 g/mol. The zero-order valence-corrected chi connectivity index (χ0v) is 14.4. The zero-order chi connectivity index (χ0) is 14.8. The van der Waals surface area contributed by atoms with Crippen LogP contribution in [0.1, 0.15) is 45.7 Å². The van der Waals surface area contributed by atoms with Gasteiger partial charge in [-0.15, -0.1) is 0 Å². The maximum atomic E-state index is 3.69. The van der Waals surface area contributed by atoms with E-state index in [4.69, 9.17) is 0 Å². The minimum absolute atomic E-state index is 0.207. The van der Waals surface area contributed by atoms with Gasteiger partial charge in [-0.3, -0.25) is 0 Å². The molecule has 108 valence electrons. The Labute approximate surface area is 130 Å². The topological polar surface area (TPSA) is 12.0 Å². The van der Waals surface area contributed by atoms with Gasteiger partial charge in [-0.1, -0.05) is 61.8 Å². The Balaban J connectivity index is 2.40. The molecule has 2 aromatic carbocycles. The summed E-state index contributed by atoms with van der Waals surface area (Å²) in [6.45, 7) is 10.2. The quantitative estimate of drug-likeness (QED) is 0.757. The summed E-state index contributed by atoms with van der Waals surface area (Å²) in [5, 5.41) is 6.28. The Morgan fingerprint density at radius 2 is 1.70 bits per heavy atom. The van der Waals surface area contributed by atoms with Crippen LogP contribution in [0.15, 0.2) is 40.9 Å². The predicted octanol–water partition coefficient (Wildman–Crippen LogP) is 5.69. The summed E-state index contributed by atoms with van der Waals surface area (Å²) < 4.78 is 1.13. The van der Waals surface area contributed by atoms with E-state index in [-0.39, 0.29) is 5.41 Å². The highest BCUT2D eigenvalue weighted by atomic mass is 79.9. The summed E-state index contributed by atoms with van der Waals surface area (Å²) >= 11 is 3.53. The number of fused-ring (bicyclic) bond motifs is 1. The molecule has 0 bridgehead atoms. The molecule has 0 radical (unpaired) electrons. The lowest BCUT2D eigenvalue weighted by molar-refractivity contribution is 0.273. The molecule has 2 aromatic rings. The van der Waals surface area contributed by atoms with Crippen molar-refractivity contribution in [3.05, 3.63) is 46.4 Å². The Hall–Kier alpha value is -0.860. The van der Waals surface area contributed by atoms with Crippen molar-refractivity contribution in [1.29, 1.82) is 0 Å². The number of nitrogens with one attached hydrogen (secondary N) is 1. The van der Waals surface area contributed by atoms with Gasteiger partial charge in [0.2, 0.25) is 0 Å². The van der Waals surface area contributed by atoms with Crippen molar-refractivity contribution in [1.82, 2.24) is 5.32 Å². The third-order valence-electron chi connectivity index (χ3n) is 3.62. The standard InChI is InChI=1S/C18H24BrN/c1-5-10-20-17(18(2,3)4)15-7-6-14-12-16(19)9-8-13(14)11-15/h6-9,11-12,17,20H,5,10H2,1-4H3. The number of hydrogen-bond acceptors (Lipinski definition) is 1. The second kappa shape index (κ2) is 6.28. The van der Waals surface area contributed by atoms with E-state index >= 15 is 0 Å². The largest absolute Gasteiger partial charge is 0.309 e. The Morgan fingerprint density at radius 1 is 1.05 bits per heavy atom. The molecule has 0 aliphatic heterocycles. The maximum absolute atomic E-state index is 3.69. The second-order valence-electron chi connectivity index (χ2n) is 6.50. The van der Waals surface area contributed by atoms with Gasteiger partial charge in [0.15, 0.2) is 0 Å². The summed E-state index contributed by atoms with van der Waals surface area (Å²) in [6.07, 6.45) is 1.16. The lowest BCUT2D eigenvalue weighted by Gasteiger charge is -2.32. The molecule has 0 aliphatic rings. The smallest absolute Gasteiger partial charge is 0.0369 e. The van der Waals surface area contributed by atoms with E-state index in [1.165, 1.54) is 16.3 Å². The lowest BCUT2D eigenvalue weighted by atomic mass is 9.81. The SMILES string of the molecule is CCCNC(c1ccc2cc(Br)ccc2c1)C(C)(C)C. The van der Waals surface area contributed by atoms with E-state index in [0.717, 1.165) is 17.4 Å². The van der Waals surface area contributed by atoms with Crippen molar-refractivity contribution in [2.24, 2.45) is 5.41 Å². The summed E-state index contributed by atoms with van der Waals surface area (Å²) in [6, 6.07) is 13.6. The fourth-order valence-electron chi connectivity index (χ4n) is 2.63. The zero-order valence-electron chi connectivity index (χ0n) is 12.8. The first-order valence-electron chi connectivity index (χ1n) is 7.34. The lowest BCUT2D eigenvalue weighted by Crippen LogP contribution is -2.32. The fraction of sp³-hybridized carbons (Fsp3) is 0.444. The number of rotatable bonds is 4. The summed E-state index contributed by atoms with van der Waals surface area (Å²) in [7, 11) is 0. The van der Waals surface area contributed by atoms with Gasteiger partial charge < -0.3 is 5.32 Å². The Bertz CT molecular complexity index is 583. The molecule has 1 atom stereocenters. The minimum Gasteiger partial charge on any atom is -0.309 e. The van der Waals surface area contributed by atoms with Gasteiger partial charge in [-0.2, -0.15) is 0 Å². The molecule has 1 nitrogen and oxygen atoms in total. The van der Waals surface area contributed by atoms with E-state index in [9.17, 15) is 0 Å². The molecule has 0 amide bonds. The van der Waals surface area contributed by atoms with Crippen LogP contribution in [0, 0.1) is 5.41 Å². The molecule has 1 unspecified atom stereocenters. The third kappa shape index (κ3) is 3.62. The normalized spacial score (nSPS) is 13.7. The summed E-state index contributed by atoms with van der Waals surface area (Å²) in [5.74, 6) is 0. The molecule has 2 rings (SSSR count). The maximum Gasteiger partial charge on any atom is 0.0369 e. The molecule has 0 aliphatic carbocycles. The van der Waals surface area contributed by atoms with Crippen molar-refractivity contribution in [3.63, 3.8) is 0 Å². The van der Waals surface area contributed by atoms with Gasteiger partial charge in [0, 0.05) is 10.5 Å². The molecule has 0 fully saturated rings. The van der Waals surface area contributed by atoms with Crippen molar-refractivity contribution in [2.45, 2.75) is 40.2 Å². The number of benzene rings is 2. The molecule has 0 saturated carbocycles. The number of halogens is 1. The minimum atomic E-state index is 0.207. The third-order valence-corrected chi connectivity index (χ3v) is 4.12. The fourth-order valence-corrected chi connectivity index (χ4v) is 3.01. The van der Waals surface area contributed by atoms with Gasteiger partial charge in [0.05, 0.1) is 0 Å². The van der Waals surface area contributed by atoms with Crippen LogP contribution < -0.4 is 5.32 Å². The first-order chi connectivity index (χ1) is 9.41. The first kappa shape index (κ1) is 15.5. The van der Waals surface area contributed by atoms with Crippen LogP contribution in [-0.4, -0.2) is 6.54 Å². The van der Waals surface area contributed by atoms with Crippen molar-refractivity contribution >= 4 is 26.7 Å². The van der Waals surface area contributed by atoms with E-state index in [1.807, 2.05) is 0 Å². The van der Waals surface area contributed by atoms with Gasteiger partial charge in [-0.25, -0.2) is 0 Å². The van der Waals surface area contributed by atoms with Crippen LogP contribution in [0.5, 0.6) is 0 Å². The van der Waals surface area contributed by atoms with Crippen LogP contribution in [0.25, 0.3) is 10.8 Å². The average molecular weight is 334 g/mol. The number of hydrogen-bond donors (Lipinski definition) is 1. The monoisotopic (exact) mass is 333 g/mol. The molecular formula is C18H24BrN. The average Bonchev–Trinajstić information content (AvgIpc) is 2.37. The Kier molecular flexibility index (Phi) is 4.87. The first-order valence-corrected chi connectivity index (χ1v) is 8.13. The predicted molar refractivity (Wildman–Crippen MR) is 92.1 cm³/mol. The van der Waals surface area contributed by atoms with Gasteiger partial charge >= 0.3 is 0 Å². The van der Waals surface area contributed by atoms with Gasteiger partial charge in [0.1, 0.15) is 0 Å². The molecule has 2 heteroatoms. The van der Waals surface area contributed by atoms with Crippen LogP contribution in [0.4, 0.5) is 0 Å². The molecule has 0 spiro atoms.